The Bertz CT molecular complexity index is 670. The first kappa shape index (κ1) is 27.1. The number of hydrogen-bond acceptors (Lipinski definition) is 8. The van der Waals surface area contributed by atoms with E-state index in [2.05, 4.69) is 13.2 Å². The molecule has 0 aromatic heterocycles. The Balaban J connectivity index is 6.19. The van der Waals surface area contributed by atoms with Gasteiger partial charge in [-0.25, -0.2) is 0 Å². The van der Waals surface area contributed by atoms with Gasteiger partial charge in [0.2, 0.25) is 0 Å². The molecule has 0 saturated carbocycles. The Labute approximate surface area is 177 Å². The van der Waals surface area contributed by atoms with E-state index in [0.29, 0.717) is 0 Å². The molecule has 0 aromatic carbocycles. The highest BCUT2D eigenvalue weighted by atomic mass is 16.6. The molecule has 0 fully saturated rings. The maximum atomic E-state index is 12.7. The van der Waals surface area contributed by atoms with Crippen LogP contribution in [0.1, 0.15) is 33.1 Å². The predicted octanol–water partition coefficient (Wildman–Crippen LogP) is 2.78. The van der Waals surface area contributed by atoms with Gasteiger partial charge < -0.3 is 18.9 Å². The normalized spacial score (nSPS) is 12.1. The molecule has 30 heavy (non-hydrogen) atoms. The van der Waals surface area contributed by atoms with E-state index in [1.807, 2.05) is 0 Å². The molecule has 0 spiro atoms. The molecule has 0 aliphatic heterocycles. The van der Waals surface area contributed by atoms with E-state index in [-0.39, 0.29) is 19.3 Å². The zero-order valence-corrected chi connectivity index (χ0v) is 18.6. The van der Waals surface area contributed by atoms with Gasteiger partial charge in [0.25, 0.3) is 0 Å². The van der Waals surface area contributed by atoms with Gasteiger partial charge >= 0.3 is 23.9 Å². The van der Waals surface area contributed by atoms with Crippen LogP contribution in [-0.4, -0.2) is 52.3 Å². The van der Waals surface area contributed by atoms with E-state index < -0.39 is 40.1 Å². The standard InChI is InChI=1S/C22H32O8/c1-9-13-21(16(23)27-5,17(24)28-6)14-11-12-15-22(18(25)29-7,19(26)30-8)20(3,4)10-2/h9-12H,1-2,13-15H2,3-8H3/b12-11+. The van der Waals surface area contributed by atoms with Crippen molar-refractivity contribution in [2.24, 2.45) is 16.2 Å². The van der Waals surface area contributed by atoms with Crippen LogP contribution in [0.25, 0.3) is 0 Å². The fraction of sp³-hybridized carbons (Fsp3) is 0.545. The van der Waals surface area contributed by atoms with Crippen molar-refractivity contribution in [3.8, 4) is 0 Å². The van der Waals surface area contributed by atoms with Gasteiger partial charge in [-0.1, -0.05) is 38.2 Å². The second-order valence-electron chi connectivity index (χ2n) is 7.25. The lowest BCUT2D eigenvalue weighted by Gasteiger charge is -2.39. The first-order valence-corrected chi connectivity index (χ1v) is 9.24. The van der Waals surface area contributed by atoms with Crippen molar-refractivity contribution in [2.45, 2.75) is 33.1 Å². The Morgan fingerprint density at radius 3 is 1.43 bits per heavy atom. The zero-order valence-electron chi connectivity index (χ0n) is 18.6. The van der Waals surface area contributed by atoms with Gasteiger partial charge in [0.05, 0.1) is 28.4 Å². The van der Waals surface area contributed by atoms with Crippen LogP contribution < -0.4 is 0 Å². The maximum absolute atomic E-state index is 12.7. The third kappa shape index (κ3) is 4.98. The number of rotatable bonds is 12. The van der Waals surface area contributed by atoms with E-state index in [1.165, 1.54) is 52.7 Å². The second-order valence-corrected chi connectivity index (χ2v) is 7.25. The fourth-order valence-corrected chi connectivity index (χ4v) is 3.24. The molecular formula is C22H32O8. The number of carbonyl (C=O) groups excluding carboxylic acids is 4. The van der Waals surface area contributed by atoms with Gasteiger partial charge in [-0.15, -0.1) is 13.2 Å². The van der Waals surface area contributed by atoms with E-state index in [0.717, 1.165) is 0 Å². The molecule has 8 nitrogen and oxygen atoms in total. The van der Waals surface area contributed by atoms with Crippen molar-refractivity contribution < 1.29 is 38.1 Å². The van der Waals surface area contributed by atoms with Gasteiger partial charge in [0.15, 0.2) is 10.8 Å². The van der Waals surface area contributed by atoms with Crippen LogP contribution in [0.4, 0.5) is 0 Å². The topological polar surface area (TPSA) is 105 Å². The lowest BCUT2D eigenvalue weighted by molar-refractivity contribution is -0.176. The highest BCUT2D eigenvalue weighted by Gasteiger charge is 2.57. The van der Waals surface area contributed by atoms with Crippen LogP contribution in [0.2, 0.25) is 0 Å². The summed E-state index contributed by atoms with van der Waals surface area (Å²) in [6, 6.07) is 0. The molecule has 0 unspecified atom stereocenters. The summed E-state index contributed by atoms with van der Waals surface area (Å²) < 4.78 is 19.4. The first-order valence-electron chi connectivity index (χ1n) is 9.24. The molecular weight excluding hydrogens is 392 g/mol. The number of methoxy groups -OCH3 is 4. The second kappa shape index (κ2) is 11.3. The van der Waals surface area contributed by atoms with Crippen molar-refractivity contribution in [1.29, 1.82) is 0 Å². The van der Waals surface area contributed by atoms with Gasteiger partial charge in [-0.2, -0.15) is 0 Å². The number of carbonyl (C=O) groups is 4. The molecule has 0 aromatic rings. The summed E-state index contributed by atoms with van der Waals surface area (Å²) >= 11 is 0. The zero-order chi connectivity index (χ0) is 23.6. The van der Waals surface area contributed by atoms with Crippen LogP contribution in [0.3, 0.4) is 0 Å². The highest BCUT2D eigenvalue weighted by molar-refractivity contribution is 6.02. The van der Waals surface area contributed by atoms with Crippen LogP contribution >= 0.6 is 0 Å². The van der Waals surface area contributed by atoms with Gasteiger partial charge in [-0.05, 0) is 19.3 Å². The van der Waals surface area contributed by atoms with Crippen LogP contribution in [0.5, 0.6) is 0 Å². The minimum absolute atomic E-state index is 0.0199. The minimum atomic E-state index is -1.72. The Morgan fingerprint density at radius 1 is 0.700 bits per heavy atom. The molecule has 0 radical (unpaired) electrons. The first-order chi connectivity index (χ1) is 14.0. The maximum Gasteiger partial charge on any atom is 0.324 e. The third-order valence-electron chi connectivity index (χ3n) is 5.38. The van der Waals surface area contributed by atoms with Gasteiger partial charge in [-0.3, -0.25) is 19.2 Å². The summed E-state index contributed by atoms with van der Waals surface area (Å²) in [6.45, 7) is 10.6. The Morgan fingerprint density at radius 2 is 1.10 bits per heavy atom. The molecule has 168 valence electrons. The summed E-state index contributed by atoms with van der Waals surface area (Å²) in [5.74, 6) is -3.14. The van der Waals surface area contributed by atoms with E-state index in [1.54, 1.807) is 13.8 Å². The monoisotopic (exact) mass is 424 g/mol. The van der Waals surface area contributed by atoms with Gasteiger partial charge in [0.1, 0.15) is 0 Å². The molecule has 0 N–H and O–H groups in total. The number of esters is 4. The number of ether oxygens (including phenoxy) is 4. The van der Waals surface area contributed by atoms with Crippen molar-refractivity contribution >= 4 is 23.9 Å². The molecule has 0 saturated heterocycles. The molecule has 0 rings (SSSR count). The smallest absolute Gasteiger partial charge is 0.324 e. The SMILES string of the molecule is C=CCC(C/C=C/CC(C(=O)OC)(C(=O)OC)C(C)(C)C=C)(C(=O)OC)C(=O)OC. The summed E-state index contributed by atoms with van der Waals surface area (Å²) in [4.78, 5) is 50.1. The Kier molecular flexibility index (Phi) is 10.2. The quantitative estimate of drug-likeness (QED) is 0.204. The van der Waals surface area contributed by atoms with Crippen molar-refractivity contribution in [3.05, 3.63) is 37.5 Å². The van der Waals surface area contributed by atoms with Crippen LogP contribution in [0.15, 0.2) is 37.5 Å². The lowest BCUT2D eigenvalue weighted by atomic mass is 9.63. The molecule has 0 aliphatic carbocycles. The predicted molar refractivity (Wildman–Crippen MR) is 110 cm³/mol. The summed E-state index contributed by atoms with van der Waals surface area (Å²) in [7, 11) is 4.68. The Hall–Kier alpha value is -2.90. The van der Waals surface area contributed by atoms with E-state index >= 15 is 0 Å². The molecule has 0 aliphatic rings. The fourth-order valence-electron chi connectivity index (χ4n) is 3.24. The minimum Gasteiger partial charge on any atom is -0.468 e. The third-order valence-corrected chi connectivity index (χ3v) is 5.38. The van der Waals surface area contributed by atoms with Gasteiger partial charge in [0, 0.05) is 5.41 Å². The molecule has 0 amide bonds. The summed E-state index contributed by atoms with van der Waals surface area (Å²) in [5.41, 5.74) is -4.37. The van der Waals surface area contributed by atoms with Crippen LogP contribution in [0, 0.1) is 16.2 Å². The molecule has 8 heteroatoms. The average molecular weight is 424 g/mol. The van der Waals surface area contributed by atoms with E-state index in [4.69, 9.17) is 18.9 Å². The summed E-state index contributed by atoms with van der Waals surface area (Å²) in [5, 5.41) is 0. The molecule has 0 heterocycles. The number of allylic oxidation sites excluding steroid dienone is 4. The highest BCUT2D eigenvalue weighted by Crippen LogP contribution is 2.45. The summed E-state index contributed by atoms with van der Waals surface area (Å²) in [6.07, 6.45) is 5.69. The number of hydrogen-bond donors (Lipinski definition) is 0. The lowest BCUT2D eigenvalue weighted by Crippen LogP contribution is -2.51. The van der Waals surface area contributed by atoms with Crippen molar-refractivity contribution in [1.82, 2.24) is 0 Å². The largest absolute Gasteiger partial charge is 0.468 e. The van der Waals surface area contributed by atoms with Crippen LogP contribution in [-0.2, 0) is 38.1 Å². The average Bonchev–Trinajstić information content (AvgIpc) is 2.75. The van der Waals surface area contributed by atoms with Crippen molar-refractivity contribution in [3.63, 3.8) is 0 Å². The molecule has 0 bridgehead atoms. The van der Waals surface area contributed by atoms with Crippen molar-refractivity contribution in [2.75, 3.05) is 28.4 Å². The van der Waals surface area contributed by atoms with E-state index in [9.17, 15) is 19.2 Å². The molecule has 0 atom stereocenters.